The molecule has 0 saturated carbocycles. The van der Waals surface area contributed by atoms with Crippen molar-refractivity contribution in [1.82, 2.24) is 14.7 Å². The van der Waals surface area contributed by atoms with Crippen LogP contribution in [0, 0.1) is 0 Å². The van der Waals surface area contributed by atoms with Gasteiger partial charge in [0.2, 0.25) is 0 Å². The third-order valence-electron chi connectivity index (χ3n) is 2.25. The van der Waals surface area contributed by atoms with E-state index in [9.17, 15) is 0 Å². The van der Waals surface area contributed by atoms with Crippen LogP contribution in [-0.4, -0.2) is 39.0 Å². The van der Waals surface area contributed by atoms with Crippen molar-refractivity contribution in [3.8, 4) is 0 Å². The van der Waals surface area contributed by atoms with Gasteiger partial charge in [0.1, 0.15) is 0 Å². The van der Waals surface area contributed by atoms with Crippen LogP contribution in [0.15, 0.2) is 12.3 Å². The lowest BCUT2D eigenvalue weighted by atomic mass is 10.3. The fourth-order valence-electron chi connectivity index (χ4n) is 1.40. The topological polar surface area (TPSA) is 41.3 Å². The Balaban J connectivity index is 2.55. The molecular weight excluding hydrogens is 178 g/mol. The molecule has 1 heterocycles. The van der Waals surface area contributed by atoms with Crippen molar-refractivity contribution in [2.45, 2.75) is 26.4 Å². The Morgan fingerprint density at radius 3 is 2.71 bits per heavy atom. The van der Waals surface area contributed by atoms with Crippen LogP contribution in [0.5, 0.6) is 0 Å². The van der Waals surface area contributed by atoms with Crippen LogP contribution in [0.1, 0.15) is 19.5 Å². The van der Waals surface area contributed by atoms with Crippen LogP contribution in [0.25, 0.3) is 0 Å². The maximum atomic E-state index is 8.90. The summed E-state index contributed by atoms with van der Waals surface area (Å²) >= 11 is 0. The normalized spacial score (nSPS) is 11.6. The van der Waals surface area contributed by atoms with Crippen molar-refractivity contribution >= 4 is 0 Å². The number of hydrogen-bond acceptors (Lipinski definition) is 3. The first-order valence-corrected chi connectivity index (χ1v) is 4.97. The van der Waals surface area contributed by atoms with Gasteiger partial charge in [0.05, 0.1) is 12.3 Å². The maximum absolute atomic E-state index is 8.90. The Bertz CT molecular complexity index is 270. The summed E-state index contributed by atoms with van der Waals surface area (Å²) in [6, 6.07) is 2.44. The Morgan fingerprint density at radius 1 is 1.57 bits per heavy atom. The molecule has 0 atom stereocenters. The molecule has 0 bridgehead atoms. The van der Waals surface area contributed by atoms with Gasteiger partial charge < -0.3 is 5.11 Å². The van der Waals surface area contributed by atoms with Crippen molar-refractivity contribution in [2.75, 3.05) is 13.2 Å². The van der Waals surface area contributed by atoms with Crippen molar-refractivity contribution in [3.63, 3.8) is 0 Å². The first-order valence-electron chi connectivity index (χ1n) is 4.97. The summed E-state index contributed by atoms with van der Waals surface area (Å²) in [5.74, 6) is 0. The average molecular weight is 197 g/mol. The lowest BCUT2D eigenvalue weighted by Gasteiger charge is -2.24. The highest BCUT2D eigenvalue weighted by Crippen LogP contribution is 2.05. The summed E-state index contributed by atoms with van der Waals surface area (Å²) in [6.45, 7) is 5.95. The minimum Gasteiger partial charge on any atom is -0.395 e. The molecule has 4 heteroatoms. The summed E-state index contributed by atoms with van der Waals surface area (Å²) in [7, 11) is 1.91. The number of nitrogens with zero attached hydrogens (tertiary/aromatic N) is 3. The molecule has 0 aliphatic rings. The van der Waals surface area contributed by atoms with E-state index < -0.39 is 0 Å². The van der Waals surface area contributed by atoms with Gasteiger partial charge >= 0.3 is 0 Å². The molecule has 1 aromatic rings. The van der Waals surface area contributed by atoms with Crippen LogP contribution in [0.2, 0.25) is 0 Å². The zero-order valence-corrected chi connectivity index (χ0v) is 9.14. The molecule has 1 rings (SSSR count). The lowest BCUT2D eigenvalue weighted by molar-refractivity contribution is 0.157. The summed E-state index contributed by atoms with van der Waals surface area (Å²) in [4.78, 5) is 2.20. The van der Waals surface area contributed by atoms with Crippen LogP contribution >= 0.6 is 0 Å². The summed E-state index contributed by atoms with van der Waals surface area (Å²) in [5.41, 5.74) is 1.05. The smallest absolute Gasteiger partial charge is 0.0764 e. The van der Waals surface area contributed by atoms with Crippen LogP contribution < -0.4 is 0 Å². The third kappa shape index (κ3) is 3.12. The largest absolute Gasteiger partial charge is 0.395 e. The van der Waals surface area contributed by atoms with Crippen molar-refractivity contribution in [3.05, 3.63) is 18.0 Å². The second kappa shape index (κ2) is 5.12. The molecule has 0 saturated heterocycles. The number of aromatic nitrogens is 2. The predicted octanol–water partition coefficient (Wildman–Crippen LogP) is 0.623. The standard InChI is InChI=1S/C10H19N3O/c1-9(2)13(6-7-14)8-10-4-5-12(3)11-10/h4-5,9,14H,6-8H2,1-3H3. The van der Waals surface area contributed by atoms with Gasteiger partial charge in [-0.15, -0.1) is 0 Å². The Hall–Kier alpha value is -0.870. The van der Waals surface area contributed by atoms with Gasteiger partial charge in [-0.05, 0) is 19.9 Å². The van der Waals surface area contributed by atoms with Gasteiger partial charge in [-0.25, -0.2) is 0 Å². The molecule has 80 valence electrons. The molecule has 4 nitrogen and oxygen atoms in total. The maximum Gasteiger partial charge on any atom is 0.0764 e. The van der Waals surface area contributed by atoms with Crippen LogP contribution in [-0.2, 0) is 13.6 Å². The molecule has 0 unspecified atom stereocenters. The fourth-order valence-corrected chi connectivity index (χ4v) is 1.40. The average Bonchev–Trinajstić information content (AvgIpc) is 2.50. The summed E-state index contributed by atoms with van der Waals surface area (Å²) < 4.78 is 1.80. The SMILES string of the molecule is CC(C)N(CCO)Cc1ccn(C)n1. The molecule has 0 aliphatic heterocycles. The van der Waals surface area contributed by atoms with Crippen LogP contribution in [0.4, 0.5) is 0 Å². The Kier molecular flexibility index (Phi) is 4.10. The van der Waals surface area contributed by atoms with Crippen molar-refractivity contribution in [1.29, 1.82) is 0 Å². The summed E-state index contributed by atoms with van der Waals surface area (Å²) in [6.07, 6.45) is 1.94. The minimum absolute atomic E-state index is 0.199. The number of hydrogen-bond donors (Lipinski definition) is 1. The van der Waals surface area contributed by atoms with E-state index in [-0.39, 0.29) is 6.61 Å². The first kappa shape index (κ1) is 11.2. The van der Waals surface area contributed by atoms with E-state index in [1.54, 1.807) is 4.68 Å². The van der Waals surface area contributed by atoms with E-state index in [2.05, 4.69) is 23.8 Å². The zero-order valence-electron chi connectivity index (χ0n) is 9.14. The van der Waals surface area contributed by atoms with Crippen LogP contribution in [0.3, 0.4) is 0 Å². The third-order valence-corrected chi connectivity index (χ3v) is 2.25. The second-order valence-electron chi connectivity index (χ2n) is 3.77. The molecule has 14 heavy (non-hydrogen) atoms. The molecule has 0 spiro atoms. The first-order chi connectivity index (χ1) is 6.63. The van der Waals surface area contributed by atoms with E-state index in [0.717, 1.165) is 12.2 Å². The van der Waals surface area contributed by atoms with Gasteiger partial charge in [-0.1, -0.05) is 0 Å². The lowest BCUT2D eigenvalue weighted by Crippen LogP contribution is -2.33. The number of aliphatic hydroxyl groups excluding tert-OH is 1. The summed E-state index contributed by atoms with van der Waals surface area (Å²) in [5, 5.41) is 13.2. The van der Waals surface area contributed by atoms with E-state index in [1.807, 2.05) is 19.3 Å². The zero-order chi connectivity index (χ0) is 10.6. The second-order valence-corrected chi connectivity index (χ2v) is 3.77. The molecule has 1 aromatic heterocycles. The van der Waals surface area contributed by atoms with Crippen molar-refractivity contribution in [2.24, 2.45) is 7.05 Å². The van der Waals surface area contributed by atoms with Gasteiger partial charge in [0.15, 0.2) is 0 Å². The fraction of sp³-hybridized carbons (Fsp3) is 0.700. The molecule has 0 aromatic carbocycles. The highest BCUT2D eigenvalue weighted by atomic mass is 16.3. The molecular formula is C10H19N3O. The Morgan fingerprint density at radius 2 is 2.29 bits per heavy atom. The number of aryl methyl sites for hydroxylation is 1. The van der Waals surface area contributed by atoms with Crippen molar-refractivity contribution < 1.29 is 5.11 Å². The minimum atomic E-state index is 0.199. The Labute approximate surface area is 85.1 Å². The van der Waals surface area contributed by atoms with Gasteiger partial charge in [-0.2, -0.15) is 5.10 Å². The van der Waals surface area contributed by atoms with Gasteiger partial charge in [-0.3, -0.25) is 9.58 Å². The monoisotopic (exact) mass is 197 g/mol. The molecule has 1 N–H and O–H groups in total. The van der Waals surface area contributed by atoms with Gasteiger partial charge in [0, 0.05) is 32.4 Å². The number of rotatable bonds is 5. The highest BCUT2D eigenvalue weighted by molar-refractivity contribution is 4.98. The predicted molar refractivity (Wildman–Crippen MR) is 55.8 cm³/mol. The van der Waals surface area contributed by atoms with E-state index in [1.165, 1.54) is 0 Å². The molecule has 0 fully saturated rings. The molecule has 0 radical (unpaired) electrons. The van der Waals surface area contributed by atoms with E-state index >= 15 is 0 Å². The highest BCUT2D eigenvalue weighted by Gasteiger charge is 2.10. The van der Waals surface area contributed by atoms with E-state index in [0.29, 0.717) is 12.6 Å². The van der Waals surface area contributed by atoms with E-state index in [4.69, 9.17) is 5.11 Å². The number of aliphatic hydroxyl groups is 1. The quantitative estimate of drug-likeness (QED) is 0.752. The van der Waals surface area contributed by atoms with Gasteiger partial charge in [0.25, 0.3) is 0 Å². The molecule has 0 amide bonds. The molecule has 0 aliphatic carbocycles.